The van der Waals surface area contributed by atoms with Crippen molar-refractivity contribution in [1.82, 2.24) is 10.6 Å². The third-order valence-electron chi connectivity index (χ3n) is 6.44. The molecule has 4 rings (SSSR count). The van der Waals surface area contributed by atoms with Gasteiger partial charge in [0, 0.05) is 19.0 Å². The van der Waals surface area contributed by atoms with E-state index in [1.54, 1.807) is 0 Å². The molecule has 2 aromatic carbocycles. The Morgan fingerprint density at radius 1 is 0.941 bits per heavy atom. The van der Waals surface area contributed by atoms with E-state index in [0.717, 1.165) is 35.1 Å². The highest BCUT2D eigenvalue weighted by atomic mass is 16.5. The number of amides is 2. The van der Waals surface area contributed by atoms with Crippen LogP contribution in [0.4, 0.5) is 4.79 Å². The first-order valence-corrected chi connectivity index (χ1v) is 11.7. The highest BCUT2D eigenvalue weighted by Gasteiger charge is 2.31. The lowest BCUT2D eigenvalue weighted by Crippen LogP contribution is -2.42. The number of carboxylic acid groups (broad SMARTS) is 1. The quantitative estimate of drug-likeness (QED) is 0.404. The van der Waals surface area contributed by atoms with Crippen molar-refractivity contribution < 1.29 is 29.3 Å². The van der Waals surface area contributed by atoms with Crippen molar-refractivity contribution in [3.05, 3.63) is 59.7 Å². The number of nitrogens with one attached hydrogen (secondary N) is 2. The number of carbonyl (C=O) groups is 3. The van der Waals surface area contributed by atoms with Gasteiger partial charge in [-0.25, -0.2) is 4.79 Å². The molecule has 0 aliphatic heterocycles. The van der Waals surface area contributed by atoms with Gasteiger partial charge in [0.15, 0.2) is 0 Å². The maximum absolute atomic E-state index is 12.6. The van der Waals surface area contributed by atoms with Crippen LogP contribution in [0.25, 0.3) is 11.1 Å². The van der Waals surface area contributed by atoms with Crippen LogP contribution in [0.5, 0.6) is 0 Å². The molecule has 1 saturated carbocycles. The lowest BCUT2D eigenvalue weighted by molar-refractivity contribution is -0.139. The topological polar surface area (TPSA) is 125 Å². The van der Waals surface area contributed by atoms with E-state index in [9.17, 15) is 19.5 Å². The summed E-state index contributed by atoms with van der Waals surface area (Å²) in [5, 5.41) is 23.7. The molecular formula is C26H30N2O6. The zero-order valence-electron chi connectivity index (χ0n) is 18.9. The fraction of sp³-hybridized carbons (Fsp3) is 0.423. The van der Waals surface area contributed by atoms with E-state index < -0.39 is 30.5 Å². The molecule has 0 aromatic heterocycles. The summed E-state index contributed by atoms with van der Waals surface area (Å²) < 4.78 is 5.55. The minimum atomic E-state index is -1.15. The second-order valence-corrected chi connectivity index (χ2v) is 9.08. The molecule has 34 heavy (non-hydrogen) atoms. The molecule has 8 heteroatoms. The summed E-state index contributed by atoms with van der Waals surface area (Å²) in [4.78, 5) is 35.7. The Labute approximate surface area is 198 Å². The molecule has 2 aliphatic carbocycles. The average molecular weight is 467 g/mol. The van der Waals surface area contributed by atoms with E-state index in [1.165, 1.54) is 0 Å². The van der Waals surface area contributed by atoms with Crippen molar-refractivity contribution in [2.75, 3.05) is 19.7 Å². The summed E-state index contributed by atoms with van der Waals surface area (Å²) in [6.07, 6.45) is 0.558. The molecule has 2 unspecified atom stereocenters. The van der Waals surface area contributed by atoms with Gasteiger partial charge in [-0.15, -0.1) is 0 Å². The summed E-state index contributed by atoms with van der Waals surface area (Å²) in [7, 11) is 0. The van der Waals surface area contributed by atoms with E-state index in [2.05, 4.69) is 34.9 Å². The SMILES string of the molecule is O=C(O)CC(O)CNC(=O)C(CNC(=O)OCC1c2ccccc2-c2ccccc21)CC1CC1. The molecule has 0 radical (unpaired) electrons. The van der Waals surface area contributed by atoms with Crippen molar-refractivity contribution in [3.8, 4) is 11.1 Å². The Balaban J connectivity index is 1.29. The number of carbonyl (C=O) groups excluding carboxylic acids is 2. The van der Waals surface area contributed by atoms with Gasteiger partial charge >= 0.3 is 12.1 Å². The molecule has 2 aliphatic rings. The number of alkyl carbamates (subject to hydrolysis) is 1. The third-order valence-corrected chi connectivity index (χ3v) is 6.44. The van der Waals surface area contributed by atoms with Crippen molar-refractivity contribution in [1.29, 1.82) is 0 Å². The number of aliphatic carboxylic acids is 1. The normalized spacial score (nSPS) is 16.1. The van der Waals surface area contributed by atoms with Gasteiger partial charge in [0.1, 0.15) is 6.61 Å². The Morgan fingerprint density at radius 2 is 1.56 bits per heavy atom. The first-order chi connectivity index (χ1) is 16.4. The predicted octanol–water partition coefficient (Wildman–Crippen LogP) is 2.89. The molecule has 1 fully saturated rings. The molecule has 2 amide bonds. The molecule has 0 saturated heterocycles. The Morgan fingerprint density at radius 3 is 2.15 bits per heavy atom. The fourth-order valence-corrected chi connectivity index (χ4v) is 4.53. The van der Waals surface area contributed by atoms with E-state index in [1.807, 2.05) is 24.3 Å². The van der Waals surface area contributed by atoms with Gasteiger partial charge in [-0.05, 0) is 34.6 Å². The van der Waals surface area contributed by atoms with Gasteiger partial charge < -0.3 is 25.6 Å². The summed E-state index contributed by atoms with van der Waals surface area (Å²) in [5.74, 6) is -1.50. The zero-order valence-corrected chi connectivity index (χ0v) is 18.9. The first-order valence-electron chi connectivity index (χ1n) is 11.7. The third kappa shape index (κ3) is 5.94. The molecule has 0 spiro atoms. The number of hydrogen-bond acceptors (Lipinski definition) is 5. The van der Waals surface area contributed by atoms with Crippen LogP contribution >= 0.6 is 0 Å². The van der Waals surface area contributed by atoms with Gasteiger partial charge in [-0.3, -0.25) is 9.59 Å². The van der Waals surface area contributed by atoms with Crippen molar-refractivity contribution in [2.45, 2.75) is 37.7 Å². The fourth-order valence-electron chi connectivity index (χ4n) is 4.53. The van der Waals surface area contributed by atoms with Crippen LogP contribution in [0.1, 0.15) is 42.7 Å². The number of benzene rings is 2. The minimum Gasteiger partial charge on any atom is -0.481 e. The second kappa shape index (κ2) is 10.7. The number of aliphatic hydroxyl groups is 1. The lowest BCUT2D eigenvalue weighted by Gasteiger charge is -2.19. The molecular weight excluding hydrogens is 436 g/mol. The standard InChI is InChI=1S/C26H30N2O6/c29-18(12-24(30)31)14-27-25(32)17(11-16-9-10-16)13-28-26(33)34-15-23-21-7-3-1-5-19(21)20-6-2-4-8-22(20)23/h1-8,16-18,23,29H,9-15H2,(H,27,32)(H,28,33)(H,30,31). The largest absolute Gasteiger partial charge is 0.481 e. The van der Waals surface area contributed by atoms with Crippen molar-refractivity contribution in [2.24, 2.45) is 11.8 Å². The average Bonchev–Trinajstić information content (AvgIpc) is 3.59. The molecule has 180 valence electrons. The van der Waals surface area contributed by atoms with E-state index >= 15 is 0 Å². The Kier molecular flexibility index (Phi) is 7.47. The highest BCUT2D eigenvalue weighted by molar-refractivity contribution is 5.80. The van der Waals surface area contributed by atoms with E-state index in [0.29, 0.717) is 12.3 Å². The molecule has 4 N–H and O–H groups in total. The second-order valence-electron chi connectivity index (χ2n) is 9.08. The number of ether oxygens (including phenoxy) is 1. The van der Waals surface area contributed by atoms with Crippen LogP contribution in [-0.4, -0.2) is 54.0 Å². The van der Waals surface area contributed by atoms with Crippen LogP contribution < -0.4 is 10.6 Å². The summed E-state index contributed by atoms with van der Waals surface area (Å²) in [6.45, 7) is 0.173. The lowest BCUT2D eigenvalue weighted by atomic mass is 9.98. The smallest absolute Gasteiger partial charge is 0.407 e. The number of aliphatic hydroxyl groups excluding tert-OH is 1. The van der Waals surface area contributed by atoms with E-state index in [-0.39, 0.29) is 31.5 Å². The van der Waals surface area contributed by atoms with Gasteiger partial charge in [0.2, 0.25) is 5.91 Å². The summed E-state index contributed by atoms with van der Waals surface area (Å²) in [6, 6.07) is 16.2. The minimum absolute atomic E-state index is 0.0422. The zero-order chi connectivity index (χ0) is 24.1. The number of carboxylic acids is 1. The monoisotopic (exact) mass is 466 g/mol. The van der Waals surface area contributed by atoms with Crippen LogP contribution in [0.15, 0.2) is 48.5 Å². The molecule has 8 nitrogen and oxygen atoms in total. The van der Waals surface area contributed by atoms with Gasteiger partial charge in [0.05, 0.1) is 18.4 Å². The number of fused-ring (bicyclic) bond motifs is 3. The molecule has 2 atom stereocenters. The highest BCUT2D eigenvalue weighted by Crippen LogP contribution is 2.44. The first kappa shape index (κ1) is 23.8. The maximum atomic E-state index is 12.6. The van der Waals surface area contributed by atoms with Crippen LogP contribution in [0, 0.1) is 11.8 Å². The molecule has 0 heterocycles. The number of hydrogen-bond donors (Lipinski definition) is 4. The van der Waals surface area contributed by atoms with Crippen LogP contribution in [0.2, 0.25) is 0 Å². The van der Waals surface area contributed by atoms with Crippen molar-refractivity contribution in [3.63, 3.8) is 0 Å². The molecule has 0 bridgehead atoms. The van der Waals surface area contributed by atoms with Gasteiger partial charge in [-0.2, -0.15) is 0 Å². The van der Waals surface area contributed by atoms with Gasteiger partial charge in [-0.1, -0.05) is 61.4 Å². The maximum Gasteiger partial charge on any atom is 0.407 e. The number of rotatable bonds is 11. The summed E-state index contributed by atoms with van der Waals surface area (Å²) in [5.41, 5.74) is 4.56. The van der Waals surface area contributed by atoms with Crippen molar-refractivity contribution >= 4 is 18.0 Å². The van der Waals surface area contributed by atoms with Crippen LogP contribution in [-0.2, 0) is 14.3 Å². The van der Waals surface area contributed by atoms with Crippen LogP contribution in [0.3, 0.4) is 0 Å². The molecule has 2 aromatic rings. The Hall–Kier alpha value is -3.39. The van der Waals surface area contributed by atoms with Gasteiger partial charge in [0.25, 0.3) is 0 Å². The predicted molar refractivity (Wildman–Crippen MR) is 125 cm³/mol. The Bertz CT molecular complexity index is 1010. The van der Waals surface area contributed by atoms with E-state index in [4.69, 9.17) is 9.84 Å². The summed E-state index contributed by atoms with van der Waals surface area (Å²) >= 11 is 0.